The van der Waals surface area contributed by atoms with Crippen LogP contribution in [-0.2, 0) is 6.54 Å². The smallest absolute Gasteiger partial charge is 0.287 e. The molecule has 0 aliphatic rings. The number of benzene rings is 1. The first-order valence-electron chi connectivity index (χ1n) is 7.13. The lowest BCUT2D eigenvalue weighted by molar-refractivity contribution is 0.0985. The molecule has 0 aliphatic carbocycles. The van der Waals surface area contributed by atoms with Gasteiger partial charge in [0.25, 0.3) is 5.91 Å². The van der Waals surface area contributed by atoms with Gasteiger partial charge in [-0.25, -0.2) is 4.98 Å². The molecule has 0 bridgehead atoms. The van der Waals surface area contributed by atoms with E-state index in [0.29, 0.717) is 16.7 Å². The maximum absolute atomic E-state index is 12.9. The molecule has 3 rings (SSSR count). The van der Waals surface area contributed by atoms with Crippen LogP contribution in [0, 0.1) is 0 Å². The Balaban J connectivity index is 1.91. The van der Waals surface area contributed by atoms with Gasteiger partial charge < -0.3 is 9.64 Å². The first kappa shape index (κ1) is 16.4. The summed E-state index contributed by atoms with van der Waals surface area (Å²) in [7, 11) is 1.62. The Bertz CT molecular complexity index is 821. The van der Waals surface area contributed by atoms with Crippen LogP contribution in [-0.4, -0.2) is 23.0 Å². The van der Waals surface area contributed by atoms with Crippen molar-refractivity contribution in [2.45, 2.75) is 6.54 Å². The molecule has 0 aliphatic heterocycles. The normalized spacial score (nSPS) is 10.4. The van der Waals surface area contributed by atoms with Gasteiger partial charge in [-0.05, 0) is 29.8 Å². The maximum atomic E-state index is 12.9. The number of methoxy groups -OCH3 is 1. The Hall–Kier alpha value is -2.44. The molecule has 0 spiro atoms. The van der Waals surface area contributed by atoms with Gasteiger partial charge in [0.1, 0.15) is 10.9 Å². The summed E-state index contributed by atoms with van der Waals surface area (Å²) in [6, 6.07) is 11.2. The maximum Gasteiger partial charge on any atom is 0.287 e. The zero-order chi connectivity index (χ0) is 16.9. The van der Waals surface area contributed by atoms with Crippen molar-refractivity contribution in [2.75, 3.05) is 12.0 Å². The lowest BCUT2D eigenvalue weighted by atomic mass is 10.2. The summed E-state index contributed by atoms with van der Waals surface area (Å²) in [5, 5.41) is 2.32. The van der Waals surface area contributed by atoms with Crippen LogP contribution in [0.3, 0.4) is 0 Å². The number of pyridine rings is 1. The topological polar surface area (TPSA) is 55.3 Å². The molecule has 2 aromatic heterocycles. The van der Waals surface area contributed by atoms with E-state index in [4.69, 9.17) is 16.3 Å². The SMILES string of the molecule is COc1ccc(CN(C(=O)c2nc(Cl)cs2)c2ccncc2)cc1. The fraction of sp³-hybridized carbons (Fsp3) is 0.118. The lowest BCUT2D eigenvalue weighted by Crippen LogP contribution is -2.30. The van der Waals surface area contributed by atoms with Crippen molar-refractivity contribution in [1.82, 2.24) is 9.97 Å². The number of hydrogen-bond donors (Lipinski definition) is 0. The van der Waals surface area contributed by atoms with Crippen LogP contribution >= 0.6 is 22.9 Å². The zero-order valence-corrected chi connectivity index (χ0v) is 14.4. The molecule has 1 aromatic carbocycles. The first-order chi connectivity index (χ1) is 11.7. The highest BCUT2D eigenvalue weighted by atomic mass is 35.5. The third-order valence-electron chi connectivity index (χ3n) is 3.38. The van der Waals surface area contributed by atoms with Crippen molar-refractivity contribution in [3.05, 3.63) is 69.9 Å². The van der Waals surface area contributed by atoms with Crippen LogP contribution in [0.2, 0.25) is 5.15 Å². The number of nitrogens with zero attached hydrogens (tertiary/aromatic N) is 3. The number of hydrogen-bond acceptors (Lipinski definition) is 5. The van der Waals surface area contributed by atoms with E-state index in [1.807, 2.05) is 24.3 Å². The number of thiazole rings is 1. The van der Waals surface area contributed by atoms with Crippen LogP contribution in [0.15, 0.2) is 54.2 Å². The number of halogens is 1. The highest BCUT2D eigenvalue weighted by Crippen LogP contribution is 2.23. The second kappa shape index (κ2) is 7.42. The predicted molar refractivity (Wildman–Crippen MR) is 94.9 cm³/mol. The summed E-state index contributed by atoms with van der Waals surface area (Å²) < 4.78 is 5.17. The quantitative estimate of drug-likeness (QED) is 0.689. The second-order valence-corrected chi connectivity index (χ2v) is 6.17. The molecule has 0 saturated carbocycles. The monoisotopic (exact) mass is 359 g/mol. The van der Waals surface area contributed by atoms with Crippen LogP contribution < -0.4 is 9.64 Å². The van der Waals surface area contributed by atoms with E-state index in [-0.39, 0.29) is 5.91 Å². The zero-order valence-electron chi connectivity index (χ0n) is 12.8. The molecule has 7 heteroatoms. The van der Waals surface area contributed by atoms with Gasteiger partial charge in [0, 0.05) is 23.5 Å². The lowest BCUT2D eigenvalue weighted by Gasteiger charge is -2.22. The average Bonchev–Trinajstić information content (AvgIpc) is 3.07. The van der Waals surface area contributed by atoms with Gasteiger partial charge >= 0.3 is 0 Å². The van der Waals surface area contributed by atoms with Gasteiger partial charge in [0.05, 0.1) is 13.7 Å². The molecule has 122 valence electrons. The number of rotatable bonds is 5. The average molecular weight is 360 g/mol. The van der Waals surface area contributed by atoms with E-state index >= 15 is 0 Å². The fourth-order valence-electron chi connectivity index (χ4n) is 2.19. The Morgan fingerprint density at radius 2 is 1.92 bits per heavy atom. The van der Waals surface area contributed by atoms with Crippen LogP contribution in [0.5, 0.6) is 5.75 Å². The Kier molecular flexibility index (Phi) is 5.08. The molecule has 0 unspecified atom stereocenters. The van der Waals surface area contributed by atoms with Gasteiger partial charge in [0.15, 0.2) is 5.01 Å². The number of aromatic nitrogens is 2. The largest absolute Gasteiger partial charge is 0.497 e. The van der Waals surface area contributed by atoms with Crippen molar-refractivity contribution in [3.63, 3.8) is 0 Å². The van der Waals surface area contributed by atoms with Crippen molar-refractivity contribution in [3.8, 4) is 5.75 Å². The van der Waals surface area contributed by atoms with E-state index in [1.165, 1.54) is 11.3 Å². The van der Waals surface area contributed by atoms with Gasteiger partial charge in [-0.1, -0.05) is 23.7 Å². The summed E-state index contributed by atoms with van der Waals surface area (Å²) in [5.74, 6) is 0.571. The minimum atomic E-state index is -0.200. The van der Waals surface area contributed by atoms with Gasteiger partial charge in [-0.2, -0.15) is 0 Å². The molecule has 2 heterocycles. The molecule has 5 nitrogen and oxygen atoms in total. The molecule has 0 radical (unpaired) electrons. The molecular formula is C17H14ClN3O2S. The fourth-order valence-corrected chi connectivity index (χ4v) is 3.08. The Morgan fingerprint density at radius 1 is 1.21 bits per heavy atom. The second-order valence-electron chi connectivity index (χ2n) is 4.92. The number of ether oxygens (including phenoxy) is 1. The molecule has 24 heavy (non-hydrogen) atoms. The van der Waals surface area contributed by atoms with Gasteiger partial charge in [0.2, 0.25) is 0 Å². The Morgan fingerprint density at radius 3 is 2.50 bits per heavy atom. The van der Waals surface area contributed by atoms with Crippen molar-refractivity contribution in [2.24, 2.45) is 0 Å². The minimum Gasteiger partial charge on any atom is -0.497 e. The van der Waals surface area contributed by atoms with E-state index in [2.05, 4.69) is 9.97 Å². The molecule has 0 saturated heterocycles. The number of amides is 1. The summed E-state index contributed by atoms with van der Waals surface area (Å²) >= 11 is 7.08. The number of carbonyl (C=O) groups excluding carboxylic acids is 1. The van der Waals surface area contributed by atoms with E-state index in [0.717, 1.165) is 17.0 Å². The van der Waals surface area contributed by atoms with Gasteiger partial charge in [-0.3, -0.25) is 9.78 Å². The third-order valence-corrected chi connectivity index (χ3v) is 4.53. The summed E-state index contributed by atoms with van der Waals surface area (Å²) in [5.41, 5.74) is 1.72. The van der Waals surface area contributed by atoms with Crippen LogP contribution in [0.25, 0.3) is 0 Å². The van der Waals surface area contributed by atoms with Gasteiger partial charge in [-0.15, -0.1) is 11.3 Å². The summed E-state index contributed by atoms with van der Waals surface area (Å²) in [4.78, 5) is 22.6. The van der Waals surface area contributed by atoms with E-state index in [1.54, 1.807) is 41.9 Å². The van der Waals surface area contributed by atoms with E-state index < -0.39 is 0 Å². The standard InChI is InChI=1S/C17H14ClN3O2S/c1-23-14-4-2-12(3-5-14)10-21(13-6-8-19-9-7-13)17(22)16-20-15(18)11-24-16/h2-9,11H,10H2,1H3. The number of anilines is 1. The molecular weight excluding hydrogens is 346 g/mol. The Labute approximate surface area is 148 Å². The molecule has 3 aromatic rings. The first-order valence-corrected chi connectivity index (χ1v) is 8.39. The van der Waals surface area contributed by atoms with Crippen molar-refractivity contribution < 1.29 is 9.53 Å². The predicted octanol–water partition coefficient (Wildman–Crippen LogP) is 4.05. The molecule has 0 fully saturated rings. The number of carbonyl (C=O) groups is 1. The summed E-state index contributed by atoms with van der Waals surface area (Å²) in [6.07, 6.45) is 3.30. The van der Waals surface area contributed by atoms with Crippen molar-refractivity contribution in [1.29, 1.82) is 0 Å². The minimum absolute atomic E-state index is 0.200. The summed E-state index contributed by atoms with van der Waals surface area (Å²) in [6.45, 7) is 0.407. The highest BCUT2D eigenvalue weighted by molar-refractivity contribution is 7.12. The molecule has 1 amide bonds. The highest BCUT2D eigenvalue weighted by Gasteiger charge is 2.21. The molecule has 0 atom stereocenters. The van der Waals surface area contributed by atoms with Crippen LogP contribution in [0.1, 0.15) is 15.4 Å². The van der Waals surface area contributed by atoms with E-state index in [9.17, 15) is 4.79 Å². The molecule has 0 N–H and O–H groups in total. The third kappa shape index (κ3) is 3.72. The van der Waals surface area contributed by atoms with Crippen LogP contribution in [0.4, 0.5) is 5.69 Å². The van der Waals surface area contributed by atoms with Crippen molar-refractivity contribution >= 4 is 34.5 Å².